The first-order chi connectivity index (χ1) is 8.69. The third kappa shape index (κ3) is 5.18. The predicted octanol–water partition coefficient (Wildman–Crippen LogP) is 1.59. The minimum Gasteiger partial charge on any atom is -0.508 e. The molecule has 1 rings (SSSR count). The Morgan fingerprint density at radius 3 is 2.58 bits per heavy atom. The Bertz CT molecular complexity index is 452. The van der Waals surface area contributed by atoms with Crippen molar-refractivity contribution in [2.75, 3.05) is 6.54 Å². The second-order valence-corrected chi connectivity index (χ2v) is 5.94. The van der Waals surface area contributed by atoms with Gasteiger partial charge in [-0.1, -0.05) is 20.8 Å². The van der Waals surface area contributed by atoms with Gasteiger partial charge in [-0.25, -0.2) is 0 Å². The van der Waals surface area contributed by atoms with E-state index in [1.807, 2.05) is 0 Å². The first-order valence-electron chi connectivity index (χ1n) is 6.25. The van der Waals surface area contributed by atoms with Crippen LogP contribution in [-0.4, -0.2) is 28.7 Å². The molecule has 0 heterocycles. The summed E-state index contributed by atoms with van der Waals surface area (Å²) in [6, 6.07) is 3.67. The van der Waals surface area contributed by atoms with E-state index >= 15 is 0 Å². The van der Waals surface area contributed by atoms with Crippen LogP contribution in [0.25, 0.3) is 0 Å². The number of benzene rings is 1. The van der Waals surface area contributed by atoms with Crippen LogP contribution < -0.4 is 11.1 Å². The summed E-state index contributed by atoms with van der Waals surface area (Å²) in [7, 11) is 0. The average Bonchev–Trinajstić information content (AvgIpc) is 2.27. The molecule has 0 aliphatic carbocycles. The van der Waals surface area contributed by atoms with Gasteiger partial charge in [0.15, 0.2) is 0 Å². The molecule has 1 aromatic carbocycles. The number of hydrogen-bond donors (Lipinski definition) is 4. The average molecular weight is 266 g/mol. The van der Waals surface area contributed by atoms with Gasteiger partial charge in [0.1, 0.15) is 11.5 Å². The zero-order valence-electron chi connectivity index (χ0n) is 11.6. The van der Waals surface area contributed by atoms with Crippen molar-refractivity contribution in [3.05, 3.63) is 23.8 Å². The molecule has 0 aromatic heterocycles. The Hall–Kier alpha value is -1.75. The van der Waals surface area contributed by atoms with Gasteiger partial charge in [0, 0.05) is 12.6 Å². The van der Waals surface area contributed by atoms with Crippen LogP contribution in [0.15, 0.2) is 18.2 Å². The zero-order chi connectivity index (χ0) is 14.6. The number of amides is 1. The fraction of sp³-hybridized carbons (Fsp3) is 0.500. The number of nitrogens with one attached hydrogen (secondary N) is 1. The van der Waals surface area contributed by atoms with E-state index in [0.717, 1.165) is 6.42 Å². The van der Waals surface area contributed by atoms with E-state index in [1.54, 1.807) is 0 Å². The Balaban J connectivity index is 2.58. The van der Waals surface area contributed by atoms with E-state index in [1.165, 1.54) is 18.2 Å². The molecule has 1 aromatic rings. The predicted molar refractivity (Wildman–Crippen MR) is 74.2 cm³/mol. The van der Waals surface area contributed by atoms with Crippen LogP contribution >= 0.6 is 0 Å². The molecule has 5 nitrogen and oxygen atoms in total. The molecule has 0 aliphatic heterocycles. The number of carbonyl (C=O) groups is 1. The van der Waals surface area contributed by atoms with Crippen molar-refractivity contribution in [3.8, 4) is 11.5 Å². The number of carbonyl (C=O) groups excluding carboxylic acids is 1. The van der Waals surface area contributed by atoms with Crippen molar-refractivity contribution in [1.29, 1.82) is 0 Å². The maximum absolute atomic E-state index is 11.9. The highest BCUT2D eigenvalue weighted by atomic mass is 16.3. The summed E-state index contributed by atoms with van der Waals surface area (Å²) in [6.07, 6.45) is 0.777. The molecule has 19 heavy (non-hydrogen) atoms. The van der Waals surface area contributed by atoms with Crippen molar-refractivity contribution >= 4 is 5.91 Å². The summed E-state index contributed by atoms with van der Waals surface area (Å²) in [5, 5.41) is 21.5. The van der Waals surface area contributed by atoms with Crippen LogP contribution in [0.4, 0.5) is 0 Å². The normalized spacial score (nSPS) is 13.1. The lowest BCUT2D eigenvalue weighted by atomic mass is 9.88. The molecule has 0 fully saturated rings. The minimum absolute atomic E-state index is 0.0444. The van der Waals surface area contributed by atoms with Gasteiger partial charge < -0.3 is 21.3 Å². The molecule has 0 saturated heterocycles. The van der Waals surface area contributed by atoms with Gasteiger partial charge in [-0.05, 0) is 30.0 Å². The third-order valence-electron chi connectivity index (χ3n) is 2.62. The minimum atomic E-state index is -0.447. The molecule has 5 heteroatoms. The molecule has 1 unspecified atom stereocenters. The molecule has 0 spiro atoms. The lowest BCUT2D eigenvalue weighted by molar-refractivity contribution is 0.0945. The number of phenols is 2. The number of aromatic hydroxyl groups is 2. The van der Waals surface area contributed by atoms with Gasteiger partial charge in [-0.15, -0.1) is 0 Å². The Morgan fingerprint density at radius 1 is 1.37 bits per heavy atom. The van der Waals surface area contributed by atoms with Crippen LogP contribution in [0.2, 0.25) is 0 Å². The summed E-state index contributed by atoms with van der Waals surface area (Å²) in [4.78, 5) is 11.9. The number of nitrogens with two attached hydrogens (primary N) is 1. The van der Waals surface area contributed by atoms with Gasteiger partial charge in [-0.2, -0.15) is 0 Å². The summed E-state index contributed by atoms with van der Waals surface area (Å²) in [5.74, 6) is -0.681. The second-order valence-electron chi connectivity index (χ2n) is 5.94. The SMILES string of the molecule is CC(C)(C)CC(N)CNC(=O)c1cc(O)ccc1O. The molecule has 0 bridgehead atoms. The van der Waals surface area contributed by atoms with Crippen molar-refractivity contribution in [3.63, 3.8) is 0 Å². The van der Waals surface area contributed by atoms with E-state index in [0.29, 0.717) is 6.54 Å². The molecular formula is C14H22N2O3. The Morgan fingerprint density at radius 2 is 2.00 bits per heavy atom. The monoisotopic (exact) mass is 266 g/mol. The third-order valence-corrected chi connectivity index (χ3v) is 2.62. The number of hydrogen-bond acceptors (Lipinski definition) is 4. The number of phenolic OH excluding ortho intramolecular Hbond substituents is 2. The highest BCUT2D eigenvalue weighted by Gasteiger charge is 2.17. The van der Waals surface area contributed by atoms with E-state index < -0.39 is 5.91 Å². The summed E-state index contributed by atoms with van der Waals surface area (Å²) < 4.78 is 0. The quantitative estimate of drug-likeness (QED) is 0.622. The lowest BCUT2D eigenvalue weighted by Crippen LogP contribution is -2.39. The zero-order valence-corrected chi connectivity index (χ0v) is 11.6. The fourth-order valence-corrected chi connectivity index (χ4v) is 1.88. The maximum Gasteiger partial charge on any atom is 0.255 e. The standard InChI is InChI=1S/C14H22N2O3/c1-14(2,3)7-9(15)8-16-13(19)11-6-10(17)4-5-12(11)18/h4-6,9,17-18H,7-8,15H2,1-3H3,(H,16,19). The summed E-state index contributed by atoms with van der Waals surface area (Å²) in [6.45, 7) is 6.56. The van der Waals surface area contributed by atoms with Crippen LogP contribution in [0.3, 0.4) is 0 Å². The van der Waals surface area contributed by atoms with Crippen LogP contribution in [0.1, 0.15) is 37.6 Å². The van der Waals surface area contributed by atoms with Crippen molar-refractivity contribution in [2.24, 2.45) is 11.1 Å². The highest BCUT2D eigenvalue weighted by Crippen LogP contribution is 2.22. The van der Waals surface area contributed by atoms with E-state index in [2.05, 4.69) is 26.1 Å². The van der Waals surface area contributed by atoms with Crippen LogP contribution in [-0.2, 0) is 0 Å². The Kier molecular flexibility index (Phi) is 4.78. The van der Waals surface area contributed by atoms with E-state index in [4.69, 9.17) is 5.73 Å². The molecule has 0 saturated carbocycles. The second kappa shape index (κ2) is 5.93. The molecular weight excluding hydrogens is 244 g/mol. The van der Waals surface area contributed by atoms with Crippen molar-refractivity contribution in [1.82, 2.24) is 5.32 Å². The number of rotatable bonds is 4. The topological polar surface area (TPSA) is 95.6 Å². The smallest absolute Gasteiger partial charge is 0.255 e. The van der Waals surface area contributed by atoms with Crippen LogP contribution in [0.5, 0.6) is 11.5 Å². The first-order valence-corrected chi connectivity index (χ1v) is 6.25. The first kappa shape index (κ1) is 15.3. The van der Waals surface area contributed by atoms with E-state index in [-0.39, 0.29) is 28.5 Å². The molecule has 1 atom stereocenters. The largest absolute Gasteiger partial charge is 0.508 e. The van der Waals surface area contributed by atoms with Gasteiger partial charge in [0.25, 0.3) is 5.91 Å². The van der Waals surface area contributed by atoms with Crippen molar-refractivity contribution < 1.29 is 15.0 Å². The molecule has 106 valence electrons. The van der Waals surface area contributed by atoms with Crippen molar-refractivity contribution in [2.45, 2.75) is 33.2 Å². The Labute approximate surface area is 113 Å². The maximum atomic E-state index is 11.9. The van der Waals surface area contributed by atoms with E-state index in [9.17, 15) is 15.0 Å². The van der Waals surface area contributed by atoms with Gasteiger partial charge in [0.05, 0.1) is 5.56 Å². The van der Waals surface area contributed by atoms with Crippen LogP contribution in [0, 0.1) is 5.41 Å². The molecule has 5 N–H and O–H groups in total. The lowest BCUT2D eigenvalue weighted by Gasteiger charge is -2.23. The van der Waals surface area contributed by atoms with Gasteiger partial charge in [0.2, 0.25) is 0 Å². The summed E-state index contributed by atoms with van der Waals surface area (Å²) >= 11 is 0. The molecule has 0 aliphatic rings. The molecule has 0 radical (unpaired) electrons. The van der Waals surface area contributed by atoms with Gasteiger partial charge >= 0.3 is 0 Å². The van der Waals surface area contributed by atoms with Gasteiger partial charge in [-0.3, -0.25) is 4.79 Å². The summed E-state index contributed by atoms with van der Waals surface area (Å²) in [5.41, 5.74) is 6.07. The highest BCUT2D eigenvalue weighted by molar-refractivity contribution is 5.97. The molecule has 1 amide bonds. The fourth-order valence-electron chi connectivity index (χ4n) is 1.88.